The van der Waals surface area contributed by atoms with E-state index in [1.165, 1.54) is 12.4 Å². The van der Waals surface area contributed by atoms with E-state index >= 15 is 0 Å². The highest BCUT2D eigenvalue weighted by atomic mass is 32.1. The number of H-pyrrole nitrogens is 1. The van der Waals surface area contributed by atoms with Gasteiger partial charge in [-0.15, -0.1) is 0 Å². The maximum atomic E-state index is 12.2. The van der Waals surface area contributed by atoms with Crippen LogP contribution in [0.3, 0.4) is 0 Å². The first-order valence-electron chi connectivity index (χ1n) is 7.64. The lowest BCUT2D eigenvalue weighted by molar-refractivity contribution is 0.0702. The Morgan fingerprint density at radius 1 is 1.24 bits per heavy atom. The Balaban J connectivity index is 1.52. The second-order valence-corrected chi connectivity index (χ2v) is 6.69. The Morgan fingerprint density at radius 3 is 2.64 bits per heavy atom. The fourth-order valence-corrected chi connectivity index (χ4v) is 3.60. The van der Waals surface area contributed by atoms with Crippen LogP contribution in [0.2, 0.25) is 0 Å². The number of aromatic amines is 1. The summed E-state index contributed by atoms with van der Waals surface area (Å²) < 4.78 is 1.58. The van der Waals surface area contributed by atoms with Crippen LogP contribution in [-0.2, 0) is 7.05 Å². The van der Waals surface area contributed by atoms with Gasteiger partial charge in [0.25, 0.3) is 5.56 Å². The Morgan fingerprint density at radius 2 is 1.96 bits per heavy atom. The number of piperazine rings is 1. The van der Waals surface area contributed by atoms with Gasteiger partial charge >= 0.3 is 5.97 Å². The van der Waals surface area contributed by atoms with Crippen molar-refractivity contribution in [2.45, 2.75) is 0 Å². The average molecular weight is 361 g/mol. The predicted octanol–water partition coefficient (Wildman–Crippen LogP) is 0.138. The second kappa shape index (κ2) is 5.84. The third kappa shape index (κ3) is 2.71. The number of rotatable bonds is 3. The van der Waals surface area contributed by atoms with E-state index in [4.69, 9.17) is 5.11 Å². The predicted molar refractivity (Wildman–Crippen MR) is 92.6 cm³/mol. The van der Waals surface area contributed by atoms with Gasteiger partial charge in [-0.05, 0) is 0 Å². The highest BCUT2D eigenvalue weighted by molar-refractivity contribution is 7.17. The molecule has 11 heteroatoms. The highest BCUT2D eigenvalue weighted by Crippen LogP contribution is 2.24. The molecule has 0 amide bonds. The number of aryl methyl sites for hydroxylation is 1. The van der Waals surface area contributed by atoms with Crippen molar-refractivity contribution in [3.05, 3.63) is 27.6 Å². The summed E-state index contributed by atoms with van der Waals surface area (Å²) >= 11 is 1.16. The molecule has 10 nitrogen and oxygen atoms in total. The molecule has 1 aliphatic heterocycles. The lowest BCUT2D eigenvalue weighted by Gasteiger charge is -2.34. The van der Waals surface area contributed by atoms with E-state index in [0.29, 0.717) is 48.3 Å². The summed E-state index contributed by atoms with van der Waals surface area (Å²) in [5, 5.41) is 14.2. The van der Waals surface area contributed by atoms with Crippen LogP contribution in [0.15, 0.2) is 17.2 Å². The van der Waals surface area contributed by atoms with Crippen molar-refractivity contribution in [2.24, 2.45) is 7.05 Å². The molecule has 0 aromatic carbocycles. The molecule has 1 fully saturated rings. The van der Waals surface area contributed by atoms with E-state index in [-0.39, 0.29) is 10.4 Å². The molecule has 0 spiro atoms. The number of aromatic nitrogens is 5. The van der Waals surface area contributed by atoms with Gasteiger partial charge in [0.2, 0.25) is 5.95 Å². The van der Waals surface area contributed by atoms with Gasteiger partial charge in [-0.3, -0.25) is 14.5 Å². The molecule has 3 aromatic heterocycles. The summed E-state index contributed by atoms with van der Waals surface area (Å²) in [6, 6.07) is 0. The van der Waals surface area contributed by atoms with Crippen LogP contribution in [0, 0.1) is 0 Å². The van der Waals surface area contributed by atoms with Gasteiger partial charge in [-0.25, -0.2) is 9.78 Å². The zero-order valence-corrected chi connectivity index (χ0v) is 14.2. The van der Waals surface area contributed by atoms with Crippen LogP contribution in [0.5, 0.6) is 0 Å². The molecule has 4 rings (SSSR count). The van der Waals surface area contributed by atoms with E-state index in [9.17, 15) is 9.59 Å². The molecule has 3 aromatic rings. The Kier molecular flexibility index (Phi) is 3.64. The minimum absolute atomic E-state index is 0.207. The van der Waals surface area contributed by atoms with E-state index in [2.05, 4.69) is 20.1 Å². The van der Waals surface area contributed by atoms with Crippen LogP contribution in [0.25, 0.3) is 11.0 Å². The van der Waals surface area contributed by atoms with Crippen LogP contribution in [0.1, 0.15) is 9.67 Å². The number of hydrogen-bond donors (Lipinski definition) is 2. The Hall–Kier alpha value is -2.95. The maximum Gasteiger partial charge on any atom is 0.347 e. The van der Waals surface area contributed by atoms with Gasteiger partial charge in [0.05, 0.1) is 12.4 Å². The first kappa shape index (κ1) is 15.6. The van der Waals surface area contributed by atoms with E-state index in [1.54, 1.807) is 11.7 Å². The van der Waals surface area contributed by atoms with Gasteiger partial charge in [0, 0.05) is 33.2 Å². The summed E-state index contributed by atoms with van der Waals surface area (Å²) in [6.45, 7) is 2.63. The second-order valence-electron chi connectivity index (χ2n) is 5.68. The summed E-state index contributed by atoms with van der Waals surface area (Å²) in [5.41, 5.74) is 0.341. The molecule has 0 atom stereocenters. The minimum Gasteiger partial charge on any atom is -0.477 e. The molecule has 0 bridgehead atoms. The van der Waals surface area contributed by atoms with Gasteiger partial charge in [-0.1, -0.05) is 11.3 Å². The highest BCUT2D eigenvalue weighted by Gasteiger charge is 2.22. The Labute approximate surface area is 145 Å². The zero-order valence-electron chi connectivity index (χ0n) is 13.3. The topological polar surface area (TPSA) is 120 Å². The fraction of sp³-hybridized carbons (Fsp3) is 0.357. The number of nitrogens with zero attached hydrogens (tertiary/aromatic N) is 6. The molecule has 130 valence electrons. The molecule has 2 N–H and O–H groups in total. The minimum atomic E-state index is -0.964. The largest absolute Gasteiger partial charge is 0.477 e. The summed E-state index contributed by atoms with van der Waals surface area (Å²) in [4.78, 5) is 38.9. The number of anilines is 2. The first-order chi connectivity index (χ1) is 12.0. The molecule has 25 heavy (non-hydrogen) atoms. The normalized spacial score (nSPS) is 15.1. The van der Waals surface area contributed by atoms with Crippen molar-refractivity contribution < 1.29 is 9.90 Å². The number of aromatic carboxylic acids is 1. The SMILES string of the molecule is Cn1ncc2c(=O)[nH]c(N3CCN(c4ncc(C(=O)O)s4)CC3)nc21. The molecule has 0 radical (unpaired) electrons. The monoisotopic (exact) mass is 361 g/mol. The zero-order chi connectivity index (χ0) is 17.6. The van der Waals surface area contributed by atoms with Crippen molar-refractivity contribution in [3.8, 4) is 0 Å². The molecule has 0 saturated carbocycles. The quantitative estimate of drug-likeness (QED) is 0.676. The van der Waals surface area contributed by atoms with Crippen LogP contribution >= 0.6 is 11.3 Å². The van der Waals surface area contributed by atoms with E-state index < -0.39 is 5.97 Å². The smallest absolute Gasteiger partial charge is 0.347 e. The van der Waals surface area contributed by atoms with Crippen molar-refractivity contribution >= 4 is 39.4 Å². The fourth-order valence-electron chi connectivity index (χ4n) is 2.79. The van der Waals surface area contributed by atoms with Crippen molar-refractivity contribution in [2.75, 3.05) is 36.0 Å². The molecular formula is C14H15N7O3S. The van der Waals surface area contributed by atoms with Crippen LogP contribution in [0.4, 0.5) is 11.1 Å². The molecule has 1 saturated heterocycles. The molecule has 0 aliphatic carbocycles. The third-order valence-electron chi connectivity index (χ3n) is 4.14. The number of hydrogen-bond acceptors (Lipinski definition) is 8. The van der Waals surface area contributed by atoms with Crippen molar-refractivity contribution in [3.63, 3.8) is 0 Å². The van der Waals surface area contributed by atoms with Gasteiger partial charge in [0.1, 0.15) is 10.3 Å². The lowest BCUT2D eigenvalue weighted by Crippen LogP contribution is -2.47. The number of nitrogens with one attached hydrogen (secondary N) is 1. The van der Waals surface area contributed by atoms with E-state index in [1.807, 2.05) is 9.80 Å². The molecule has 0 unspecified atom stereocenters. The van der Waals surface area contributed by atoms with Crippen molar-refractivity contribution in [1.29, 1.82) is 0 Å². The average Bonchev–Trinajstić information content (AvgIpc) is 3.23. The van der Waals surface area contributed by atoms with Crippen LogP contribution < -0.4 is 15.4 Å². The Bertz CT molecular complexity index is 999. The number of carbonyl (C=O) groups is 1. The first-order valence-corrected chi connectivity index (χ1v) is 8.45. The number of fused-ring (bicyclic) bond motifs is 1. The van der Waals surface area contributed by atoms with Gasteiger partial charge in [0.15, 0.2) is 10.8 Å². The molecular weight excluding hydrogens is 346 g/mol. The van der Waals surface area contributed by atoms with Crippen molar-refractivity contribution in [1.82, 2.24) is 24.7 Å². The summed E-state index contributed by atoms with van der Waals surface area (Å²) in [5.74, 6) is -0.445. The summed E-state index contributed by atoms with van der Waals surface area (Å²) in [7, 11) is 1.75. The van der Waals surface area contributed by atoms with Gasteiger partial charge in [-0.2, -0.15) is 10.1 Å². The molecule has 4 heterocycles. The van der Waals surface area contributed by atoms with E-state index in [0.717, 1.165) is 11.3 Å². The third-order valence-corrected chi connectivity index (χ3v) is 5.19. The standard InChI is InChI=1S/C14H15N7O3S/c1-19-10-8(6-16-19)11(22)18-13(17-10)20-2-4-21(5-3-20)14-15-7-9(25-14)12(23)24/h6-7H,2-5H2,1H3,(H,23,24)(H,17,18,22). The molecule has 1 aliphatic rings. The number of carboxylic acids is 1. The van der Waals surface area contributed by atoms with Gasteiger partial charge < -0.3 is 14.9 Å². The summed E-state index contributed by atoms with van der Waals surface area (Å²) in [6.07, 6.45) is 2.88. The number of carboxylic acid groups (broad SMARTS) is 1. The maximum absolute atomic E-state index is 12.2. The van der Waals surface area contributed by atoms with Crippen LogP contribution in [-0.4, -0.2) is 62.0 Å². The lowest BCUT2D eigenvalue weighted by atomic mass is 10.3. The number of thiazole rings is 1.